The summed E-state index contributed by atoms with van der Waals surface area (Å²) < 4.78 is 13.3. The molecule has 0 amide bonds. The summed E-state index contributed by atoms with van der Waals surface area (Å²) in [5.74, 6) is 0.335. The smallest absolute Gasteiger partial charge is 0.142 e. The molecule has 1 rings (SSSR count). The molecule has 0 unspecified atom stereocenters. The summed E-state index contributed by atoms with van der Waals surface area (Å²) in [7, 11) is 0. The SMILES string of the molecule is C/C(=C/CCNCC(C)C)Cc1cccc(F)c1Cl. The van der Waals surface area contributed by atoms with Crippen molar-refractivity contribution in [2.24, 2.45) is 5.92 Å². The van der Waals surface area contributed by atoms with Crippen molar-refractivity contribution in [2.45, 2.75) is 33.6 Å². The predicted molar refractivity (Wildman–Crippen MR) is 81.2 cm³/mol. The van der Waals surface area contributed by atoms with E-state index in [4.69, 9.17) is 11.6 Å². The van der Waals surface area contributed by atoms with Crippen molar-refractivity contribution in [2.75, 3.05) is 13.1 Å². The minimum atomic E-state index is -0.342. The zero-order chi connectivity index (χ0) is 14.3. The molecule has 0 saturated carbocycles. The van der Waals surface area contributed by atoms with Gasteiger partial charge in [-0.2, -0.15) is 0 Å². The first-order chi connectivity index (χ1) is 9.00. The third-order valence-corrected chi connectivity index (χ3v) is 3.29. The molecule has 0 fully saturated rings. The lowest BCUT2D eigenvalue weighted by Gasteiger charge is -2.07. The van der Waals surface area contributed by atoms with Crippen LogP contribution in [0.3, 0.4) is 0 Å². The Morgan fingerprint density at radius 1 is 1.42 bits per heavy atom. The summed E-state index contributed by atoms with van der Waals surface area (Å²) >= 11 is 5.94. The number of hydrogen-bond donors (Lipinski definition) is 1. The average Bonchev–Trinajstić information content (AvgIpc) is 2.34. The molecular weight excluding hydrogens is 261 g/mol. The highest BCUT2D eigenvalue weighted by molar-refractivity contribution is 6.31. The summed E-state index contributed by atoms with van der Waals surface area (Å²) in [6.45, 7) is 8.47. The third kappa shape index (κ3) is 6.22. The first kappa shape index (κ1) is 16.2. The van der Waals surface area contributed by atoms with Crippen molar-refractivity contribution in [1.82, 2.24) is 5.32 Å². The van der Waals surface area contributed by atoms with Crippen LogP contribution in [0.25, 0.3) is 0 Å². The Balaban J connectivity index is 2.41. The van der Waals surface area contributed by atoms with Crippen LogP contribution in [0.5, 0.6) is 0 Å². The molecule has 0 saturated heterocycles. The molecule has 0 aliphatic rings. The van der Waals surface area contributed by atoms with Crippen LogP contribution in [0.4, 0.5) is 4.39 Å². The Hall–Kier alpha value is -0.860. The topological polar surface area (TPSA) is 12.0 Å². The molecule has 1 nitrogen and oxygen atoms in total. The van der Waals surface area contributed by atoms with E-state index in [1.807, 2.05) is 6.07 Å². The number of rotatable bonds is 7. The van der Waals surface area contributed by atoms with E-state index in [0.29, 0.717) is 12.3 Å². The van der Waals surface area contributed by atoms with Crippen LogP contribution in [0.2, 0.25) is 5.02 Å². The standard InChI is InChI=1S/C16H23ClFN/c1-12(2)11-19-9-5-6-13(3)10-14-7-4-8-15(18)16(14)17/h4,6-8,12,19H,5,9-11H2,1-3H3/b13-6-. The number of nitrogens with one attached hydrogen (secondary N) is 1. The van der Waals surface area contributed by atoms with Gasteiger partial charge in [-0.25, -0.2) is 4.39 Å². The molecular formula is C16H23ClFN. The Morgan fingerprint density at radius 2 is 2.16 bits per heavy atom. The summed E-state index contributed by atoms with van der Waals surface area (Å²) in [4.78, 5) is 0. The lowest BCUT2D eigenvalue weighted by molar-refractivity contribution is 0.556. The van der Waals surface area contributed by atoms with E-state index in [1.54, 1.807) is 6.07 Å². The molecule has 1 aromatic rings. The predicted octanol–water partition coefficient (Wildman–Crippen LogP) is 4.60. The van der Waals surface area contributed by atoms with Crippen LogP contribution in [-0.4, -0.2) is 13.1 Å². The van der Waals surface area contributed by atoms with Crippen molar-refractivity contribution in [3.8, 4) is 0 Å². The molecule has 0 spiro atoms. The monoisotopic (exact) mass is 283 g/mol. The van der Waals surface area contributed by atoms with E-state index < -0.39 is 0 Å². The molecule has 1 aromatic carbocycles. The quantitative estimate of drug-likeness (QED) is 0.569. The van der Waals surface area contributed by atoms with Crippen LogP contribution in [0.15, 0.2) is 29.8 Å². The lowest BCUT2D eigenvalue weighted by atomic mass is 10.1. The number of benzene rings is 1. The maximum atomic E-state index is 13.3. The highest BCUT2D eigenvalue weighted by Crippen LogP contribution is 2.22. The second kappa shape index (κ2) is 8.34. The minimum absolute atomic E-state index is 0.244. The molecule has 0 atom stereocenters. The molecule has 0 heterocycles. The maximum Gasteiger partial charge on any atom is 0.142 e. The molecule has 1 N–H and O–H groups in total. The summed E-state index contributed by atoms with van der Waals surface area (Å²) in [6, 6.07) is 4.97. The summed E-state index contributed by atoms with van der Waals surface area (Å²) in [5.41, 5.74) is 2.07. The van der Waals surface area contributed by atoms with Gasteiger partial charge in [0.1, 0.15) is 5.82 Å². The Kier molecular flexibility index (Phi) is 7.11. The van der Waals surface area contributed by atoms with E-state index in [9.17, 15) is 4.39 Å². The van der Waals surface area contributed by atoms with Gasteiger partial charge in [-0.15, -0.1) is 0 Å². The number of hydrogen-bond acceptors (Lipinski definition) is 1. The van der Waals surface area contributed by atoms with Crippen LogP contribution < -0.4 is 5.32 Å². The minimum Gasteiger partial charge on any atom is -0.316 e. The van der Waals surface area contributed by atoms with E-state index in [2.05, 4.69) is 32.2 Å². The van der Waals surface area contributed by atoms with Crippen molar-refractivity contribution in [3.63, 3.8) is 0 Å². The molecule has 0 aromatic heterocycles. The summed E-state index contributed by atoms with van der Waals surface area (Å²) in [6.07, 6.45) is 3.89. The normalized spacial score (nSPS) is 12.2. The molecule has 3 heteroatoms. The van der Waals surface area contributed by atoms with Gasteiger partial charge in [0.15, 0.2) is 0 Å². The second-order valence-corrected chi connectivity index (χ2v) is 5.70. The maximum absolute atomic E-state index is 13.3. The van der Waals surface area contributed by atoms with Crippen molar-refractivity contribution in [1.29, 1.82) is 0 Å². The van der Waals surface area contributed by atoms with Crippen molar-refractivity contribution >= 4 is 11.6 Å². The van der Waals surface area contributed by atoms with Crippen LogP contribution in [0, 0.1) is 11.7 Å². The van der Waals surface area contributed by atoms with Gasteiger partial charge in [-0.05, 0) is 50.4 Å². The van der Waals surface area contributed by atoms with E-state index >= 15 is 0 Å². The van der Waals surface area contributed by atoms with Crippen molar-refractivity contribution < 1.29 is 4.39 Å². The van der Waals surface area contributed by atoms with Gasteiger partial charge in [0, 0.05) is 0 Å². The first-order valence-corrected chi connectivity index (χ1v) is 7.17. The fraction of sp³-hybridized carbons (Fsp3) is 0.500. The summed E-state index contributed by atoms with van der Waals surface area (Å²) in [5, 5.41) is 3.64. The molecule has 0 radical (unpaired) electrons. The molecule has 0 bridgehead atoms. The van der Waals surface area contributed by atoms with Gasteiger partial charge in [0.05, 0.1) is 5.02 Å². The zero-order valence-electron chi connectivity index (χ0n) is 12.0. The van der Waals surface area contributed by atoms with Crippen molar-refractivity contribution in [3.05, 3.63) is 46.3 Å². The fourth-order valence-corrected chi connectivity index (χ4v) is 2.06. The van der Waals surface area contributed by atoms with E-state index in [1.165, 1.54) is 11.6 Å². The van der Waals surface area contributed by atoms with E-state index in [0.717, 1.165) is 25.1 Å². The Bertz CT molecular complexity index is 427. The van der Waals surface area contributed by atoms with E-state index in [-0.39, 0.29) is 10.8 Å². The largest absolute Gasteiger partial charge is 0.316 e. The van der Waals surface area contributed by atoms with Gasteiger partial charge in [0.2, 0.25) is 0 Å². The molecule has 0 aliphatic carbocycles. The van der Waals surface area contributed by atoms with Crippen LogP contribution in [-0.2, 0) is 6.42 Å². The third-order valence-electron chi connectivity index (χ3n) is 2.87. The Morgan fingerprint density at radius 3 is 2.84 bits per heavy atom. The van der Waals surface area contributed by atoms with Gasteiger partial charge in [0.25, 0.3) is 0 Å². The first-order valence-electron chi connectivity index (χ1n) is 6.80. The molecule has 0 aliphatic heterocycles. The highest BCUT2D eigenvalue weighted by atomic mass is 35.5. The zero-order valence-corrected chi connectivity index (χ0v) is 12.7. The lowest BCUT2D eigenvalue weighted by Crippen LogP contribution is -2.20. The fourth-order valence-electron chi connectivity index (χ4n) is 1.87. The van der Waals surface area contributed by atoms with Gasteiger partial charge >= 0.3 is 0 Å². The molecule has 106 valence electrons. The highest BCUT2D eigenvalue weighted by Gasteiger charge is 2.05. The van der Waals surface area contributed by atoms with Crippen LogP contribution >= 0.6 is 11.6 Å². The van der Waals surface area contributed by atoms with Crippen LogP contribution in [0.1, 0.15) is 32.8 Å². The Labute approximate surface area is 120 Å². The average molecular weight is 284 g/mol. The number of allylic oxidation sites excluding steroid dienone is 1. The van der Waals surface area contributed by atoms with Gasteiger partial charge in [-0.1, -0.05) is 49.2 Å². The van der Waals surface area contributed by atoms with Gasteiger partial charge < -0.3 is 5.32 Å². The second-order valence-electron chi connectivity index (χ2n) is 5.33. The number of halogens is 2. The molecule has 19 heavy (non-hydrogen) atoms. The van der Waals surface area contributed by atoms with Gasteiger partial charge in [-0.3, -0.25) is 0 Å².